The topological polar surface area (TPSA) is 12.5 Å². The van der Waals surface area contributed by atoms with Crippen molar-refractivity contribution in [1.82, 2.24) is 4.90 Å². The first-order chi connectivity index (χ1) is 8.19. The molecule has 0 radical (unpaired) electrons. The monoisotopic (exact) mass is 237 g/mol. The Morgan fingerprint density at radius 2 is 2.06 bits per heavy atom. The van der Waals surface area contributed by atoms with Gasteiger partial charge < -0.3 is 4.74 Å². The number of nitrogens with zero attached hydrogens (tertiary/aromatic N) is 1. The van der Waals surface area contributed by atoms with Crippen LogP contribution in [0.2, 0.25) is 0 Å². The van der Waals surface area contributed by atoms with Crippen molar-refractivity contribution in [2.45, 2.75) is 26.3 Å². The highest BCUT2D eigenvalue weighted by molar-refractivity contribution is 5.29. The molecule has 1 aromatic rings. The second-order valence-corrected chi connectivity index (χ2v) is 4.93. The first-order valence-corrected chi connectivity index (χ1v) is 6.24. The Morgan fingerprint density at radius 3 is 2.65 bits per heavy atom. The first-order valence-electron chi connectivity index (χ1n) is 6.24. The summed E-state index contributed by atoms with van der Waals surface area (Å²) >= 11 is 0. The van der Waals surface area contributed by atoms with Gasteiger partial charge in [-0.05, 0) is 49.5 Å². The normalized spacial score (nSPS) is 18.3. The summed E-state index contributed by atoms with van der Waals surface area (Å²) in [7, 11) is 1.49. The SMILES string of the molecule is COc1ccc(CN2CCC(C)CC2)cc1F. The highest BCUT2D eigenvalue weighted by Crippen LogP contribution is 2.21. The van der Waals surface area contributed by atoms with Gasteiger partial charge in [-0.1, -0.05) is 13.0 Å². The van der Waals surface area contributed by atoms with Crippen LogP contribution in [0.5, 0.6) is 5.75 Å². The molecule has 0 aliphatic carbocycles. The van der Waals surface area contributed by atoms with Crippen LogP contribution in [-0.2, 0) is 6.54 Å². The van der Waals surface area contributed by atoms with Gasteiger partial charge in [0, 0.05) is 6.54 Å². The van der Waals surface area contributed by atoms with Gasteiger partial charge in [-0.2, -0.15) is 0 Å². The molecular weight excluding hydrogens is 217 g/mol. The highest BCUT2D eigenvalue weighted by atomic mass is 19.1. The number of benzene rings is 1. The number of methoxy groups -OCH3 is 1. The van der Waals surface area contributed by atoms with Crippen molar-refractivity contribution >= 4 is 0 Å². The molecule has 0 bridgehead atoms. The Kier molecular flexibility index (Phi) is 4.00. The lowest BCUT2D eigenvalue weighted by atomic mass is 9.99. The van der Waals surface area contributed by atoms with E-state index >= 15 is 0 Å². The second-order valence-electron chi connectivity index (χ2n) is 4.93. The zero-order valence-corrected chi connectivity index (χ0v) is 10.6. The summed E-state index contributed by atoms with van der Waals surface area (Å²) in [5.74, 6) is 0.884. The lowest BCUT2D eigenvalue weighted by Crippen LogP contribution is -2.32. The summed E-state index contributed by atoms with van der Waals surface area (Å²) in [6, 6.07) is 5.23. The second kappa shape index (κ2) is 5.50. The number of ether oxygens (including phenoxy) is 1. The van der Waals surface area contributed by atoms with Crippen molar-refractivity contribution in [2.24, 2.45) is 5.92 Å². The number of halogens is 1. The summed E-state index contributed by atoms with van der Waals surface area (Å²) in [4.78, 5) is 2.39. The largest absolute Gasteiger partial charge is 0.494 e. The summed E-state index contributed by atoms with van der Waals surface area (Å²) in [5.41, 5.74) is 1.03. The fourth-order valence-corrected chi connectivity index (χ4v) is 2.29. The van der Waals surface area contributed by atoms with Gasteiger partial charge >= 0.3 is 0 Å². The van der Waals surface area contributed by atoms with Crippen LogP contribution in [0.4, 0.5) is 4.39 Å². The third-order valence-electron chi connectivity index (χ3n) is 3.50. The van der Waals surface area contributed by atoms with E-state index in [1.54, 1.807) is 12.1 Å². The van der Waals surface area contributed by atoms with E-state index in [9.17, 15) is 4.39 Å². The third kappa shape index (κ3) is 3.19. The molecule has 2 nitrogen and oxygen atoms in total. The highest BCUT2D eigenvalue weighted by Gasteiger charge is 2.16. The average Bonchev–Trinajstić information content (AvgIpc) is 2.32. The molecule has 0 N–H and O–H groups in total. The van der Waals surface area contributed by atoms with E-state index < -0.39 is 0 Å². The van der Waals surface area contributed by atoms with E-state index in [1.807, 2.05) is 6.07 Å². The van der Waals surface area contributed by atoms with E-state index in [1.165, 1.54) is 20.0 Å². The van der Waals surface area contributed by atoms with Crippen molar-refractivity contribution in [3.8, 4) is 5.75 Å². The quantitative estimate of drug-likeness (QED) is 0.801. The zero-order valence-electron chi connectivity index (χ0n) is 10.6. The molecule has 94 valence electrons. The molecule has 0 spiro atoms. The van der Waals surface area contributed by atoms with Crippen LogP contribution in [-0.4, -0.2) is 25.1 Å². The van der Waals surface area contributed by atoms with Crippen molar-refractivity contribution < 1.29 is 9.13 Å². The molecule has 1 aliphatic rings. The van der Waals surface area contributed by atoms with Crippen molar-refractivity contribution in [1.29, 1.82) is 0 Å². The molecule has 2 rings (SSSR count). The summed E-state index contributed by atoms with van der Waals surface area (Å²) in [5, 5.41) is 0. The van der Waals surface area contributed by atoms with Gasteiger partial charge in [0.15, 0.2) is 11.6 Å². The minimum atomic E-state index is -0.268. The molecule has 0 aromatic heterocycles. The van der Waals surface area contributed by atoms with Crippen molar-refractivity contribution in [2.75, 3.05) is 20.2 Å². The number of rotatable bonds is 3. The standard InChI is InChI=1S/C14H20FNO/c1-11-5-7-16(8-6-11)10-12-3-4-14(17-2)13(15)9-12/h3-4,9,11H,5-8,10H2,1-2H3. The van der Waals surface area contributed by atoms with E-state index in [-0.39, 0.29) is 5.82 Å². The van der Waals surface area contributed by atoms with Crippen LogP contribution in [0.1, 0.15) is 25.3 Å². The summed E-state index contributed by atoms with van der Waals surface area (Å²) in [6.45, 7) is 5.38. The lowest BCUT2D eigenvalue weighted by Gasteiger charge is -2.30. The molecule has 1 saturated heterocycles. The molecule has 0 atom stereocenters. The van der Waals surface area contributed by atoms with Crippen LogP contribution < -0.4 is 4.74 Å². The number of hydrogen-bond acceptors (Lipinski definition) is 2. The third-order valence-corrected chi connectivity index (χ3v) is 3.50. The molecule has 1 heterocycles. The van der Waals surface area contributed by atoms with Crippen LogP contribution >= 0.6 is 0 Å². The number of piperidine rings is 1. The lowest BCUT2D eigenvalue weighted by molar-refractivity contribution is 0.185. The molecule has 1 aromatic carbocycles. The predicted molar refractivity (Wildman–Crippen MR) is 66.6 cm³/mol. The van der Waals surface area contributed by atoms with Gasteiger partial charge in [0.25, 0.3) is 0 Å². The molecule has 1 fully saturated rings. The van der Waals surface area contributed by atoms with Crippen LogP contribution in [0.3, 0.4) is 0 Å². The first kappa shape index (κ1) is 12.4. The molecule has 1 aliphatic heterocycles. The summed E-state index contributed by atoms with van der Waals surface area (Å²) < 4.78 is 18.4. The van der Waals surface area contributed by atoms with Gasteiger partial charge in [-0.3, -0.25) is 4.90 Å². The van der Waals surface area contributed by atoms with Crippen molar-refractivity contribution in [3.05, 3.63) is 29.6 Å². The van der Waals surface area contributed by atoms with E-state index in [4.69, 9.17) is 4.74 Å². The molecule has 0 amide bonds. The maximum atomic E-state index is 13.5. The van der Waals surface area contributed by atoms with Crippen LogP contribution in [0.15, 0.2) is 18.2 Å². The Hall–Kier alpha value is -1.09. The molecule has 0 unspecified atom stereocenters. The Bertz CT molecular complexity index is 372. The number of likely N-dealkylation sites (tertiary alicyclic amines) is 1. The molecule has 17 heavy (non-hydrogen) atoms. The van der Waals surface area contributed by atoms with Gasteiger partial charge in [-0.25, -0.2) is 4.39 Å². The van der Waals surface area contributed by atoms with Gasteiger partial charge in [0.05, 0.1) is 7.11 Å². The van der Waals surface area contributed by atoms with Crippen LogP contribution in [0.25, 0.3) is 0 Å². The smallest absolute Gasteiger partial charge is 0.165 e. The van der Waals surface area contributed by atoms with E-state index in [0.29, 0.717) is 5.75 Å². The Morgan fingerprint density at radius 1 is 1.35 bits per heavy atom. The van der Waals surface area contributed by atoms with Gasteiger partial charge in [0.1, 0.15) is 0 Å². The maximum absolute atomic E-state index is 13.5. The fourth-order valence-electron chi connectivity index (χ4n) is 2.29. The predicted octanol–water partition coefficient (Wildman–Crippen LogP) is 3.07. The van der Waals surface area contributed by atoms with Gasteiger partial charge in [0.2, 0.25) is 0 Å². The minimum absolute atomic E-state index is 0.268. The van der Waals surface area contributed by atoms with Crippen molar-refractivity contribution in [3.63, 3.8) is 0 Å². The van der Waals surface area contributed by atoms with E-state index in [0.717, 1.165) is 31.1 Å². The van der Waals surface area contributed by atoms with Gasteiger partial charge in [-0.15, -0.1) is 0 Å². The molecular formula is C14H20FNO. The fraction of sp³-hybridized carbons (Fsp3) is 0.571. The maximum Gasteiger partial charge on any atom is 0.165 e. The molecule has 0 saturated carbocycles. The Labute approximate surface area is 102 Å². The Balaban J connectivity index is 1.97. The minimum Gasteiger partial charge on any atom is -0.494 e. The van der Waals surface area contributed by atoms with E-state index in [2.05, 4.69) is 11.8 Å². The number of hydrogen-bond donors (Lipinski definition) is 0. The van der Waals surface area contributed by atoms with Crippen LogP contribution in [0, 0.1) is 11.7 Å². The average molecular weight is 237 g/mol. The zero-order chi connectivity index (χ0) is 12.3. The molecule has 3 heteroatoms. The summed E-state index contributed by atoms with van der Waals surface area (Å²) in [6.07, 6.45) is 2.50.